The molecular weight excluding hydrogens is 272 g/mol. The van der Waals surface area contributed by atoms with Crippen LogP contribution < -0.4 is 4.74 Å². The van der Waals surface area contributed by atoms with Crippen molar-refractivity contribution in [1.82, 2.24) is 0 Å². The van der Waals surface area contributed by atoms with Gasteiger partial charge in [0.2, 0.25) is 0 Å². The fourth-order valence-electron chi connectivity index (χ4n) is 1.82. The summed E-state index contributed by atoms with van der Waals surface area (Å²) in [6.07, 6.45) is 2.04. The van der Waals surface area contributed by atoms with Gasteiger partial charge < -0.3 is 4.74 Å². The zero-order chi connectivity index (χ0) is 13.9. The van der Waals surface area contributed by atoms with Crippen molar-refractivity contribution in [2.24, 2.45) is 0 Å². The molecule has 0 heterocycles. The van der Waals surface area contributed by atoms with Crippen LogP contribution in [0.3, 0.4) is 0 Å². The molecule has 0 N–H and O–H groups in total. The average Bonchev–Trinajstić information content (AvgIpc) is 2.26. The van der Waals surface area contributed by atoms with Gasteiger partial charge in [-0.1, -0.05) is 13.3 Å². The van der Waals surface area contributed by atoms with E-state index in [0.29, 0.717) is 12.2 Å². The van der Waals surface area contributed by atoms with E-state index in [2.05, 4.69) is 6.92 Å². The first-order valence-electron chi connectivity index (χ1n) is 5.97. The molecule has 102 valence electrons. The predicted octanol–water partition coefficient (Wildman–Crippen LogP) is 3.72. The van der Waals surface area contributed by atoms with Crippen LogP contribution in [0.2, 0.25) is 0 Å². The van der Waals surface area contributed by atoms with Crippen LogP contribution in [0.15, 0.2) is 11.0 Å². The van der Waals surface area contributed by atoms with E-state index in [1.807, 2.05) is 13.8 Å². The Balaban J connectivity index is 3.21. The van der Waals surface area contributed by atoms with Crippen molar-refractivity contribution in [3.8, 4) is 5.75 Å². The summed E-state index contributed by atoms with van der Waals surface area (Å²) in [5.74, 6) is 0.769. The van der Waals surface area contributed by atoms with Gasteiger partial charge >= 0.3 is 0 Å². The van der Waals surface area contributed by atoms with Crippen molar-refractivity contribution in [3.63, 3.8) is 0 Å². The number of aryl methyl sites for hydroxylation is 1. The number of benzene rings is 1. The van der Waals surface area contributed by atoms with Crippen LogP contribution in [0, 0.1) is 20.8 Å². The van der Waals surface area contributed by atoms with E-state index in [1.165, 1.54) is 0 Å². The molecule has 0 bridgehead atoms. The molecule has 1 aromatic carbocycles. The Bertz CT molecular complexity index is 536. The molecule has 0 aliphatic carbocycles. The molecule has 0 spiro atoms. The molecule has 0 amide bonds. The third-order valence-corrected chi connectivity index (χ3v) is 4.43. The van der Waals surface area contributed by atoms with Gasteiger partial charge in [0.25, 0.3) is 9.05 Å². The van der Waals surface area contributed by atoms with Gasteiger partial charge in [0.1, 0.15) is 5.75 Å². The van der Waals surface area contributed by atoms with Crippen LogP contribution in [0.4, 0.5) is 0 Å². The molecule has 0 aliphatic heterocycles. The average molecular weight is 291 g/mol. The first kappa shape index (κ1) is 15.3. The predicted molar refractivity (Wildman–Crippen MR) is 74.1 cm³/mol. The molecular formula is C13H19ClO3S. The van der Waals surface area contributed by atoms with E-state index in [4.69, 9.17) is 15.4 Å². The number of halogens is 1. The largest absolute Gasteiger partial charge is 0.493 e. The molecule has 1 rings (SSSR count). The van der Waals surface area contributed by atoms with Gasteiger partial charge in [0, 0.05) is 10.7 Å². The Morgan fingerprint density at radius 3 is 2.33 bits per heavy atom. The summed E-state index contributed by atoms with van der Waals surface area (Å²) in [6, 6.07) is 1.58. The highest BCUT2D eigenvalue weighted by atomic mass is 35.7. The normalized spacial score (nSPS) is 11.6. The van der Waals surface area contributed by atoms with Crippen LogP contribution >= 0.6 is 10.7 Å². The standard InChI is InChI=1S/C13H19ClO3S/c1-5-6-7-17-13-9(2)8-12(18(14,15)16)10(3)11(13)4/h8H,5-7H2,1-4H3. The minimum atomic E-state index is -3.70. The third-order valence-electron chi connectivity index (χ3n) is 2.99. The highest BCUT2D eigenvalue weighted by Gasteiger charge is 2.19. The van der Waals surface area contributed by atoms with Crippen LogP contribution in [-0.2, 0) is 9.05 Å². The second kappa shape index (κ2) is 5.93. The smallest absolute Gasteiger partial charge is 0.261 e. The molecule has 18 heavy (non-hydrogen) atoms. The Labute approximate surface area is 114 Å². The maximum Gasteiger partial charge on any atom is 0.261 e. The zero-order valence-corrected chi connectivity index (χ0v) is 12.8. The second-order valence-electron chi connectivity index (χ2n) is 4.41. The quantitative estimate of drug-likeness (QED) is 0.613. The van der Waals surface area contributed by atoms with Gasteiger partial charge in [-0.25, -0.2) is 8.42 Å². The maximum atomic E-state index is 11.5. The highest BCUT2D eigenvalue weighted by molar-refractivity contribution is 8.13. The van der Waals surface area contributed by atoms with Crippen molar-refractivity contribution in [2.75, 3.05) is 6.61 Å². The van der Waals surface area contributed by atoms with Gasteiger partial charge in [-0.15, -0.1) is 0 Å². The molecule has 0 aliphatic rings. The molecule has 3 nitrogen and oxygen atoms in total. The maximum absolute atomic E-state index is 11.5. The Kier molecular flexibility index (Phi) is 5.05. The van der Waals surface area contributed by atoms with Gasteiger partial charge in [-0.05, 0) is 49.9 Å². The summed E-state index contributed by atoms with van der Waals surface area (Å²) in [6.45, 7) is 8.17. The molecule has 0 saturated heterocycles. The van der Waals surface area contributed by atoms with Gasteiger partial charge in [-0.3, -0.25) is 0 Å². The summed E-state index contributed by atoms with van der Waals surface area (Å²) in [4.78, 5) is 0.169. The molecule has 0 radical (unpaired) electrons. The Morgan fingerprint density at radius 1 is 1.22 bits per heavy atom. The summed E-state index contributed by atoms with van der Waals surface area (Å²) in [5.41, 5.74) is 2.29. The SMILES string of the molecule is CCCCOc1c(C)cc(S(=O)(=O)Cl)c(C)c1C. The zero-order valence-electron chi connectivity index (χ0n) is 11.2. The minimum Gasteiger partial charge on any atom is -0.493 e. The van der Waals surface area contributed by atoms with E-state index in [-0.39, 0.29) is 4.90 Å². The van der Waals surface area contributed by atoms with Crippen LogP contribution in [0.25, 0.3) is 0 Å². The van der Waals surface area contributed by atoms with E-state index in [1.54, 1.807) is 13.0 Å². The van der Waals surface area contributed by atoms with Crippen LogP contribution in [-0.4, -0.2) is 15.0 Å². The van der Waals surface area contributed by atoms with Crippen molar-refractivity contribution in [1.29, 1.82) is 0 Å². The molecule has 0 aromatic heterocycles. The number of hydrogen-bond donors (Lipinski definition) is 0. The number of unbranched alkanes of at least 4 members (excludes halogenated alkanes) is 1. The van der Waals surface area contributed by atoms with E-state index in [9.17, 15) is 8.42 Å². The first-order valence-corrected chi connectivity index (χ1v) is 8.28. The fourth-order valence-corrected chi connectivity index (χ4v) is 3.13. The topological polar surface area (TPSA) is 43.4 Å². The minimum absolute atomic E-state index is 0.169. The Morgan fingerprint density at radius 2 is 1.83 bits per heavy atom. The molecule has 5 heteroatoms. The monoisotopic (exact) mass is 290 g/mol. The number of rotatable bonds is 5. The lowest BCUT2D eigenvalue weighted by Gasteiger charge is -2.16. The molecule has 0 saturated carbocycles. The summed E-state index contributed by atoms with van der Waals surface area (Å²) in [7, 11) is 1.71. The molecule has 0 fully saturated rings. The third kappa shape index (κ3) is 3.39. The van der Waals surface area contributed by atoms with Crippen molar-refractivity contribution < 1.29 is 13.2 Å². The lowest BCUT2D eigenvalue weighted by Crippen LogP contribution is -2.05. The number of hydrogen-bond acceptors (Lipinski definition) is 3. The lowest BCUT2D eigenvalue weighted by molar-refractivity contribution is 0.305. The lowest BCUT2D eigenvalue weighted by atomic mass is 10.1. The summed E-state index contributed by atoms with van der Waals surface area (Å²) in [5, 5.41) is 0. The van der Waals surface area contributed by atoms with Crippen LogP contribution in [0.1, 0.15) is 36.5 Å². The first-order chi connectivity index (χ1) is 8.29. The summed E-state index contributed by atoms with van der Waals surface area (Å²) < 4.78 is 28.6. The van der Waals surface area contributed by atoms with E-state index < -0.39 is 9.05 Å². The molecule has 0 atom stereocenters. The van der Waals surface area contributed by atoms with Gasteiger partial charge in [-0.2, -0.15) is 0 Å². The Hall–Kier alpha value is -0.740. The van der Waals surface area contributed by atoms with Crippen LogP contribution in [0.5, 0.6) is 5.75 Å². The van der Waals surface area contributed by atoms with E-state index >= 15 is 0 Å². The second-order valence-corrected chi connectivity index (χ2v) is 6.94. The highest BCUT2D eigenvalue weighted by Crippen LogP contribution is 2.32. The van der Waals surface area contributed by atoms with Crippen molar-refractivity contribution in [2.45, 2.75) is 45.4 Å². The van der Waals surface area contributed by atoms with Gasteiger partial charge in [0.05, 0.1) is 11.5 Å². The molecule has 1 aromatic rings. The molecule has 0 unspecified atom stereocenters. The van der Waals surface area contributed by atoms with Crippen molar-refractivity contribution in [3.05, 3.63) is 22.8 Å². The number of ether oxygens (including phenoxy) is 1. The fraction of sp³-hybridized carbons (Fsp3) is 0.538. The summed E-state index contributed by atoms with van der Waals surface area (Å²) >= 11 is 0. The van der Waals surface area contributed by atoms with Crippen molar-refractivity contribution >= 4 is 19.7 Å². The van der Waals surface area contributed by atoms with E-state index in [0.717, 1.165) is 29.7 Å². The van der Waals surface area contributed by atoms with Gasteiger partial charge in [0.15, 0.2) is 0 Å².